The highest BCUT2D eigenvalue weighted by atomic mass is 19.2. The van der Waals surface area contributed by atoms with E-state index in [9.17, 15) is 31.5 Å². The van der Waals surface area contributed by atoms with Gasteiger partial charge in [0, 0.05) is 0 Å². The number of carboxylic acids is 1. The van der Waals surface area contributed by atoms with Crippen LogP contribution in [0.1, 0.15) is 15.9 Å². The van der Waals surface area contributed by atoms with Crippen molar-refractivity contribution in [1.82, 2.24) is 0 Å². The normalized spacial score (nSPS) is 16.2. The molecule has 0 atom stereocenters. The van der Waals surface area contributed by atoms with Crippen molar-refractivity contribution < 1.29 is 41.4 Å². The molecule has 1 heterocycles. The summed E-state index contributed by atoms with van der Waals surface area (Å²) in [6.07, 6.45) is 0. The van der Waals surface area contributed by atoms with Crippen molar-refractivity contribution in [2.45, 2.75) is 0 Å². The summed E-state index contributed by atoms with van der Waals surface area (Å²) in [5.41, 5.74) is -2.80. The molecule has 0 aromatic heterocycles. The van der Waals surface area contributed by atoms with Crippen LogP contribution in [0.4, 0.5) is 22.0 Å². The average Bonchev–Trinajstić information content (AvgIpc) is 2.70. The molecule has 1 aromatic carbocycles. The molecular formula is C10HF5O4. The van der Waals surface area contributed by atoms with Crippen molar-refractivity contribution in [2.24, 2.45) is 0 Å². The first-order valence-corrected chi connectivity index (χ1v) is 4.49. The Morgan fingerprint density at radius 1 is 0.947 bits per heavy atom. The van der Waals surface area contributed by atoms with Crippen molar-refractivity contribution in [3.63, 3.8) is 0 Å². The smallest absolute Gasteiger partial charge is 0.368 e. The molecule has 0 amide bonds. The Hall–Kier alpha value is -2.45. The number of hydrogen-bond acceptors (Lipinski definition) is 3. The van der Waals surface area contributed by atoms with Gasteiger partial charge in [0.1, 0.15) is 5.56 Å². The lowest BCUT2D eigenvalue weighted by Gasteiger charge is -2.03. The predicted octanol–water partition coefficient (Wildman–Crippen LogP) is 2.14. The Kier molecular flexibility index (Phi) is 2.76. The molecule has 19 heavy (non-hydrogen) atoms. The fourth-order valence-electron chi connectivity index (χ4n) is 1.48. The van der Waals surface area contributed by atoms with Crippen LogP contribution in [0, 0.1) is 23.3 Å². The number of ether oxygens (including phenoxy) is 1. The zero-order valence-corrected chi connectivity index (χ0v) is 8.56. The van der Waals surface area contributed by atoms with E-state index in [0.29, 0.717) is 0 Å². The van der Waals surface area contributed by atoms with Crippen LogP contribution >= 0.6 is 0 Å². The molecule has 0 spiro atoms. The monoisotopic (exact) mass is 280 g/mol. The number of carbonyl (C=O) groups is 2. The minimum atomic E-state index is -2.31. The van der Waals surface area contributed by atoms with Gasteiger partial charge in [0.05, 0.1) is 5.56 Å². The number of hydrogen-bond donors (Lipinski definition) is 1. The van der Waals surface area contributed by atoms with E-state index in [2.05, 4.69) is 4.74 Å². The molecule has 1 aromatic rings. The molecule has 0 fully saturated rings. The van der Waals surface area contributed by atoms with Crippen molar-refractivity contribution in [1.29, 1.82) is 0 Å². The fraction of sp³-hybridized carbons (Fsp3) is 0. The first-order valence-electron chi connectivity index (χ1n) is 4.49. The number of cyclic esters (lactones) is 1. The molecule has 1 aliphatic rings. The SMILES string of the molecule is O=C(O)/C(F)=C1\OC(=O)c2c(F)c(F)c(F)c(F)c21. The van der Waals surface area contributed by atoms with Gasteiger partial charge in [-0.2, -0.15) is 4.39 Å². The minimum absolute atomic E-state index is 1.40. The second-order valence-electron chi connectivity index (χ2n) is 3.34. The number of carbonyl (C=O) groups excluding carboxylic acids is 1. The first kappa shape index (κ1) is 13.0. The van der Waals surface area contributed by atoms with Crippen LogP contribution in [0.25, 0.3) is 5.76 Å². The zero-order chi connectivity index (χ0) is 14.5. The Morgan fingerprint density at radius 3 is 1.89 bits per heavy atom. The van der Waals surface area contributed by atoms with Crippen LogP contribution < -0.4 is 0 Å². The number of benzene rings is 1. The van der Waals surface area contributed by atoms with Crippen molar-refractivity contribution in [3.05, 3.63) is 40.2 Å². The lowest BCUT2D eigenvalue weighted by molar-refractivity contribution is -0.134. The first-order chi connectivity index (χ1) is 8.77. The molecule has 0 saturated heterocycles. The molecule has 1 N–H and O–H groups in total. The van der Waals surface area contributed by atoms with Crippen molar-refractivity contribution in [3.8, 4) is 0 Å². The number of carboxylic acid groups (broad SMARTS) is 1. The Bertz CT molecular complexity index is 665. The molecule has 0 bridgehead atoms. The zero-order valence-electron chi connectivity index (χ0n) is 8.56. The van der Waals surface area contributed by atoms with Crippen LogP contribution in [-0.2, 0) is 9.53 Å². The summed E-state index contributed by atoms with van der Waals surface area (Å²) in [6.45, 7) is 0. The summed E-state index contributed by atoms with van der Waals surface area (Å²) in [6, 6.07) is 0. The average molecular weight is 280 g/mol. The lowest BCUT2D eigenvalue weighted by atomic mass is 10.1. The Morgan fingerprint density at radius 2 is 1.42 bits per heavy atom. The second-order valence-corrected chi connectivity index (χ2v) is 3.34. The summed E-state index contributed by atoms with van der Waals surface area (Å²) in [5.74, 6) is -16.4. The number of aliphatic carboxylic acids is 1. The van der Waals surface area contributed by atoms with Crippen LogP contribution in [0.15, 0.2) is 5.83 Å². The highest BCUT2D eigenvalue weighted by molar-refractivity contribution is 6.07. The summed E-state index contributed by atoms with van der Waals surface area (Å²) in [5, 5.41) is 8.33. The Balaban J connectivity index is 2.91. The molecular weight excluding hydrogens is 279 g/mol. The molecule has 100 valence electrons. The standard InChI is InChI=1S/C10HF5O4/c11-3-1-2(4(12)6(14)5(3)13)10(18)19-8(1)7(15)9(16)17/h(H,16,17)/b8-7+. The largest absolute Gasteiger partial charge is 0.476 e. The van der Waals surface area contributed by atoms with Gasteiger partial charge in [0.15, 0.2) is 29.0 Å². The summed E-state index contributed by atoms with van der Waals surface area (Å²) in [7, 11) is 0. The maximum absolute atomic E-state index is 13.4. The lowest BCUT2D eigenvalue weighted by Crippen LogP contribution is -2.06. The van der Waals surface area contributed by atoms with E-state index in [-0.39, 0.29) is 0 Å². The summed E-state index contributed by atoms with van der Waals surface area (Å²) >= 11 is 0. The maximum atomic E-state index is 13.4. The molecule has 1 aliphatic heterocycles. The van der Waals surface area contributed by atoms with Gasteiger partial charge in [-0.1, -0.05) is 0 Å². The number of esters is 1. The van der Waals surface area contributed by atoms with E-state index >= 15 is 0 Å². The number of halogens is 5. The summed E-state index contributed by atoms with van der Waals surface area (Å²) in [4.78, 5) is 21.5. The second kappa shape index (κ2) is 4.04. The van der Waals surface area contributed by atoms with E-state index in [1.165, 1.54) is 0 Å². The third-order valence-corrected chi connectivity index (χ3v) is 2.28. The fourth-order valence-corrected chi connectivity index (χ4v) is 1.48. The maximum Gasteiger partial charge on any atom is 0.368 e. The third kappa shape index (κ3) is 1.65. The van der Waals surface area contributed by atoms with E-state index in [1.807, 2.05) is 0 Å². The van der Waals surface area contributed by atoms with Crippen molar-refractivity contribution in [2.75, 3.05) is 0 Å². The molecule has 0 saturated carbocycles. The van der Waals surface area contributed by atoms with E-state index in [0.717, 1.165) is 0 Å². The molecule has 0 unspecified atom stereocenters. The summed E-state index contributed by atoms with van der Waals surface area (Å²) < 4.78 is 69.6. The number of rotatable bonds is 1. The van der Waals surface area contributed by atoms with Crippen LogP contribution in [0.3, 0.4) is 0 Å². The van der Waals surface area contributed by atoms with Gasteiger partial charge in [-0.25, -0.2) is 27.2 Å². The van der Waals surface area contributed by atoms with Gasteiger partial charge < -0.3 is 9.84 Å². The van der Waals surface area contributed by atoms with Gasteiger partial charge >= 0.3 is 11.9 Å². The van der Waals surface area contributed by atoms with Crippen LogP contribution in [0.5, 0.6) is 0 Å². The molecule has 0 radical (unpaired) electrons. The highest BCUT2D eigenvalue weighted by Gasteiger charge is 2.41. The Labute approximate surface area is 100 Å². The molecule has 9 heteroatoms. The van der Waals surface area contributed by atoms with Gasteiger partial charge in [-0.15, -0.1) is 0 Å². The van der Waals surface area contributed by atoms with Crippen molar-refractivity contribution >= 4 is 17.7 Å². The van der Waals surface area contributed by atoms with Gasteiger partial charge in [0.25, 0.3) is 5.83 Å². The van der Waals surface area contributed by atoms with Gasteiger partial charge in [-0.05, 0) is 0 Å². The van der Waals surface area contributed by atoms with Crippen LogP contribution in [0.2, 0.25) is 0 Å². The van der Waals surface area contributed by atoms with Crippen LogP contribution in [-0.4, -0.2) is 17.0 Å². The van der Waals surface area contributed by atoms with Gasteiger partial charge in [0.2, 0.25) is 0 Å². The number of fused-ring (bicyclic) bond motifs is 1. The van der Waals surface area contributed by atoms with E-state index in [4.69, 9.17) is 5.11 Å². The quantitative estimate of drug-likeness (QED) is 0.281. The molecule has 2 rings (SSSR count). The molecule has 4 nitrogen and oxygen atoms in total. The molecule has 0 aliphatic carbocycles. The third-order valence-electron chi connectivity index (χ3n) is 2.28. The predicted molar refractivity (Wildman–Crippen MR) is 47.4 cm³/mol. The minimum Gasteiger partial charge on any atom is -0.476 e. The van der Waals surface area contributed by atoms with E-state index in [1.54, 1.807) is 0 Å². The van der Waals surface area contributed by atoms with E-state index < -0.39 is 57.9 Å². The van der Waals surface area contributed by atoms with Gasteiger partial charge in [-0.3, -0.25) is 0 Å². The topological polar surface area (TPSA) is 63.6 Å². The highest BCUT2D eigenvalue weighted by Crippen LogP contribution is 2.38.